The zero-order chi connectivity index (χ0) is 10.3. The lowest BCUT2D eigenvalue weighted by Gasteiger charge is -2.01. The molecule has 0 atom stereocenters. The monoisotopic (exact) mass is 188 g/mol. The molecule has 70 valence electrons. The molecule has 0 saturated carbocycles. The van der Waals surface area contributed by atoms with Gasteiger partial charge in [0.2, 0.25) is 0 Å². The summed E-state index contributed by atoms with van der Waals surface area (Å²) in [7, 11) is 3.82. The van der Waals surface area contributed by atoms with Crippen LogP contribution < -0.4 is 5.46 Å². The van der Waals surface area contributed by atoms with Crippen LogP contribution in [0, 0.1) is 10.1 Å². The van der Waals surface area contributed by atoms with E-state index in [0.29, 0.717) is 0 Å². The number of hydrogen-bond donors (Lipinski definition) is 0. The van der Waals surface area contributed by atoms with Crippen LogP contribution in [0.4, 0.5) is 5.69 Å². The number of fused-ring (bicyclic) bond motifs is 1. The maximum atomic E-state index is 10.6. The second kappa shape index (κ2) is 2.87. The van der Waals surface area contributed by atoms with E-state index in [9.17, 15) is 10.1 Å². The molecule has 14 heavy (non-hydrogen) atoms. The first kappa shape index (κ1) is 8.81. The van der Waals surface area contributed by atoms with Gasteiger partial charge in [0.05, 0.1) is 4.92 Å². The normalized spacial score (nSPS) is 10.6. The molecule has 0 amide bonds. The molecular weight excluding hydrogens is 179 g/mol. The van der Waals surface area contributed by atoms with Gasteiger partial charge in [-0.2, -0.15) is 0 Å². The lowest BCUT2D eigenvalue weighted by molar-refractivity contribution is -0.384. The highest BCUT2D eigenvalue weighted by Gasteiger charge is 2.10. The Hall–Kier alpha value is -1.78. The maximum Gasteiger partial charge on any atom is 0.269 e. The third kappa shape index (κ3) is 1.17. The van der Waals surface area contributed by atoms with Crippen molar-refractivity contribution in [3.05, 3.63) is 34.5 Å². The van der Waals surface area contributed by atoms with Crippen molar-refractivity contribution >= 4 is 29.9 Å². The molecular formula is C9H9BN2O2. The molecule has 1 heterocycles. The fourth-order valence-corrected chi connectivity index (χ4v) is 1.77. The predicted octanol–water partition coefficient (Wildman–Crippen LogP) is 0.345. The van der Waals surface area contributed by atoms with Crippen LogP contribution in [0.5, 0.6) is 0 Å². The molecule has 0 bridgehead atoms. The maximum absolute atomic E-state index is 10.6. The van der Waals surface area contributed by atoms with Crippen LogP contribution in [-0.2, 0) is 7.05 Å². The Morgan fingerprint density at radius 2 is 2.21 bits per heavy atom. The quantitative estimate of drug-likeness (QED) is 0.368. The molecule has 1 aromatic carbocycles. The lowest BCUT2D eigenvalue weighted by atomic mass is 9.93. The molecule has 0 N–H and O–H groups in total. The summed E-state index contributed by atoms with van der Waals surface area (Å²) in [6.45, 7) is 0. The standard InChI is InChI=1S/C9H9BN2O2/c1-11-3-2-6-4-7(12(13)14)5-8(10)9(6)11/h2-5H,10H2,1H3. The van der Waals surface area contributed by atoms with Crippen molar-refractivity contribution in [2.24, 2.45) is 7.05 Å². The van der Waals surface area contributed by atoms with Crippen LogP contribution >= 0.6 is 0 Å². The molecule has 0 fully saturated rings. The van der Waals surface area contributed by atoms with Crippen LogP contribution in [0.3, 0.4) is 0 Å². The first-order chi connectivity index (χ1) is 6.59. The van der Waals surface area contributed by atoms with E-state index < -0.39 is 0 Å². The van der Waals surface area contributed by atoms with E-state index in [1.807, 2.05) is 31.7 Å². The van der Waals surface area contributed by atoms with Crippen molar-refractivity contribution in [3.8, 4) is 0 Å². The number of aromatic nitrogens is 1. The molecule has 0 unspecified atom stereocenters. The van der Waals surface area contributed by atoms with Crippen LogP contribution in [-0.4, -0.2) is 17.3 Å². The van der Waals surface area contributed by atoms with Gasteiger partial charge in [-0.15, -0.1) is 0 Å². The number of aryl methyl sites for hydroxylation is 1. The van der Waals surface area contributed by atoms with Gasteiger partial charge < -0.3 is 4.57 Å². The molecule has 2 rings (SSSR count). The Morgan fingerprint density at radius 1 is 1.50 bits per heavy atom. The van der Waals surface area contributed by atoms with Crippen LogP contribution in [0.25, 0.3) is 10.9 Å². The van der Waals surface area contributed by atoms with Crippen molar-refractivity contribution < 1.29 is 4.92 Å². The summed E-state index contributed by atoms with van der Waals surface area (Å²) >= 11 is 0. The van der Waals surface area contributed by atoms with Gasteiger partial charge in [-0.3, -0.25) is 10.1 Å². The van der Waals surface area contributed by atoms with E-state index >= 15 is 0 Å². The van der Waals surface area contributed by atoms with Gasteiger partial charge in [0.1, 0.15) is 7.85 Å². The number of nitro benzene ring substituents is 1. The number of non-ortho nitro benzene ring substituents is 1. The molecule has 4 nitrogen and oxygen atoms in total. The Balaban J connectivity index is 2.80. The van der Waals surface area contributed by atoms with Crippen molar-refractivity contribution in [2.45, 2.75) is 0 Å². The Bertz CT molecular complexity index is 519. The number of nitrogens with zero attached hydrogens (tertiary/aromatic N) is 2. The first-order valence-electron chi connectivity index (χ1n) is 4.29. The van der Waals surface area contributed by atoms with Crippen LogP contribution in [0.1, 0.15) is 0 Å². The van der Waals surface area contributed by atoms with Crippen LogP contribution in [0.2, 0.25) is 0 Å². The molecule has 0 radical (unpaired) electrons. The summed E-state index contributed by atoms with van der Waals surface area (Å²) in [6.07, 6.45) is 1.90. The molecule has 0 saturated heterocycles. The largest absolute Gasteiger partial charge is 0.351 e. The van der Waals surface area contributed by atoms with Gasteiger partial charge in [0.15, 0.2) is 0 Å². The average Bonchev–Trinajstić information content (AvgIpc) is 2.48. The van der Waals surface area contributed by atoms with E-state index in [4.69, 9.17) is 0 Å². The van der Waals surface area contributed by atoms with E-state index in [-0.39, 0.29) is 10.6 Å². The number of rotatable bonds is 1. The fraction of sp³-hybridized carbons (Fsp3) is 0.111. The first-order valence-corrected chi connectivity index (χ1v) is 4.29. The number of hydrogen-bond acceptors (Lipinski definition) is 2. The minimum absolute atomic E-state index is 0.154. The van der Waals surface area contributed by atoms with Gasteiger partial charge >= 0.3 is 0 Å². The third-order valence-corrected chi connectivity index (χ3v) is 2.36. The number of nitro groups is 1. The van der Waals surface area contributed by atoms with Crippen LogP contribution in [0.15, 0.2) is 24.4 Å². The molecule has 0 aliphatic rings. The van der Waals surface area contributed by atoms with E-state index in [1.165, 1.54) is 0 Å². The molecule has 2 aromatic rings. The highest BCUT2D eigenvalue weighted by Crippen LogP contribution is 2.18. The van der Waals surface area contributed by atoms with Gasteiger partial charge in [-0.1, -0.05) is 5.46 Å². The lowest BCUT2D eigenvalue weighted by Crippen LogP contribution is -2.08. The molecule has 0 spiro atoms. The van der Waals surface area contributed by atoms with Gasteiger partial charge in [-0.05, 0) is 6.07 Å². The zero-order valence-corrected chi connectivity index (χ0v) is 8.02. The summed E-state index contributed by atoms with van der Waals surface area (Å²) in [4.78, 5) is 10.2. The minimum atomic E-state index is -0.362. The molecule has 0 aliphatic heterocycles. The van der Waals surface area contributed by atoms with Gasteiger partial charge in [0.25, 0.3) is 5.69 Å². The molecule has 1 aromatic heterocycles. The molecule has 5 heteroatoms. The summed E-state index contributed by atoms with van der Waals surface area (Å²) in [6, 6.07) is 5.08. The zero-order valence-electron chi connectivity index (χ0n) is 8.02. The summed E-state index contributed by atoms with van der Waals surface area (Å²) in [5.74, 6) is 0. The highest BCUT2D eigenvalue weighted by molar-refractivity contribution is 6.38. The molecule has 0 aliphatic carbocycles. The van der Waals surface area contributed by atoms with Crippen molar-refractivity contribution in [3.63, 3.8) is 0 Å². The third-order valence-electron chi connectivity index (χ3n) is 2.36. The topological polar surface area (TPSA) is 48.1 Å². The van der Waals surface area contributed by atoms with Gasteiger partial charge in [-0.25, -0.2) is 0 Å². The number of benzene rings is 1. The fourth-order valence-electron chi connectivity index (χ4n) is 1.77. The van der Waals surface area contributed by atoms with Crippen molar-refractivity contribution in [1.82, 2.24) is 4.57 Å². The predicted molar refractivity (Wildman–Crippen MR) is 57.8 cm³/mol. The Morgan fingerprint density at radius 3 is 2.86 bits per heavy atom. The van der Waals surface area contributed by atoms with E-state index in [2.05, 4.69) is 0 Å². The van der Waals surface area contributed by atoms with Crippen molar-refractivity contribution in [1.29, 1.82) is 0 Å². The van der Waals surface area contributed by atoms with Gasteiger partial charge in [0, 0.05) is 36.3 Å². The Kier molecular flexibility index (Phi) is 1.80. The van der Waals surface area contributed by atoms with E-state index in [1.54, 1.807) is 12.1 Å². The second-order valence-corrected chi connectivity index (χ2v) is 3.38. The van der Waals surface area contributed by atoms with Crippen molar-refractivity contribution in [2.75, 3.05) is 0 Å². The van der Waals surface area contributed by atoms with E-state index in [0.717, 1.165) is 16.4 Å². The smallest absolute Gasteiger partial charge is 0.269 e. The summed E-state index contributed by atoms with van der Waals surface area (Å²) in [5, 5.41) is 11.5. The average molecular weight is 188 g/mol. The Labute approximate surface area is 81.7 Å². The highest BCUT2D eigenvalue weighted by atomic mass is 16.6. The minimum Gasteiger partial charge on any atom is -0.351 e. The summed E-state index contributed by atoms with van der Waals surface area (Å²) in [5.41, 5.74) is 2.14. The SMILES string of the molecule is Bc1cc([N+](=O)[O-])cc2ccn(C)c12. The second-order valence-electron chi connectivity index (χ2n) is 3.38. The summed E-state index contributed by atoms with van der Waals surface area (Å²) < 4.78 is 1.97.